The summed E-state index contributed by atoms with van der Waals surface area (Å²) in [4.78, 5) is 24.3. The van der Waals surface area contributed by atoms with E-state index >= 15 is 0 Å². The highest BCUT2D eigenvalue weighted by atomic mass is 35.5. The number of amides is 1. The highest BCUT2D eigenvalue weighted by Crippen LogP contribution is 2.27. The van der Waals surface area contributed by atoms with E-state index in [4.69, 9.17) is 20.9 Å². The van der Waals surface area contributed by atoms with Gasteiger partial charge in [-0.1, -0.05) is 22.8 Å². The number of hydrogen-bond donors (Lipinski definition) is 1. The molecule has 30 heavy (non-hydrogen) atoms. The molecule has 150 valence electrons. The van der Waals surface area contributed by atoms with Crippen molar-refractivity contribution < 1.29 is 23.2 Å². The molecular formula is C21H13ClFN3O4. The zero-order valence-corrected chi connectivity index (χ0v) is 16.2. The molecule has 0 aliphatic heterocycles. The van der Waals surface area contributed by atoms with Crippen molar-refractivity contribution in [3.05, 3.63) is 81.8 Å². The molecule has 9 heteroatoms. The number of nitrogens with one attached hydrogen (secondary N) is 1. The lowest BCUT2D eigenvalue weighted by Crippen LogP contribution is -2.13. The maximum atomic E-state index is 13.0. The number of ether oxygens (including phenoxy) is 1. The van der Waals surface area contributed by atoms with Gasteiger partial charge in [-0.05, 0) is 55.0 Å². The molecule has 1 heterocycles. The fourth-order valence-corrected chi connectivity index (χ4v) is 2.59. The minimum Gasteiger partial charge on any atom is -0.421 e. The van der Waals surface area contributed by atoms with Crippen molar-refractivity contribution in [3.63, 3.8) is 0 Å². The summed E-state index contributed by atoms with van der Waals surface area (Å²) in [7, 11) is 0. The summed E-state index contributed by atoms with van der Waals surface area (Å²) in [5.41, 5.74) is 0.398. The zero-order valence-electron chi connectivity index (χ0n) is 15.5. The van der Waals surface area contributed by atoms with Gasteiger partial charge in [0.25, 0.3) is 5.91 Å². The number of hydrogen-bond acceptors (Lipinski definition) is 6. The van der Waals surface area contributed by atoms with Gasteiger partial charge in [0, 0.05) is 6.07 Å². The minimum absolute atomic E-state index is 0.0733. The first kappa shape index (κ1) is 20.8. The quantitative estimate of drug-likeness (QED) is 0.278. The van der Waals surface area contributed by atoms with E-state index < -0.39 is 17.7 Å². The molecule has 3 rings (SSSR count). The number of nitrogens with zero attached hydrogens (tertiary/aromatic N) is 2. The molecule has 3 aromatic rings. The Labute approximate surface area is 175 Å². The van der Waals surface area contributed by atoms with Crippen LogP contribution in [-0.2, 0) is 4.79 Å². The molecule has 1 N–H and O–H groups in total. The van der Waals surface area contributed by atoms with Crippen LogP contribution in [0, 0.1) is 24.1 Å². The van der Waals surface area contributed by atoms with Gasteiger partial charge in [0.05, 0.1) is 10.6 Å². The molecule has 0 spiro atoms. The number of esters is 1. The number of aromatic nitrogens is 1. The first-order valence-corrected chi connectivity index (χ1v) is 8.87. The van der Waals surface area contributed by atoms with Crippen molar-refractivity contribution in [1.82, 2.24) is 5.16 Å². The Morgan fingerprint density at radius 1 is 1.23 bits per heavy atom. The van der Waals surface area contributed by atoms with Crippen LogP contribution >= 0.6 is 11.6 Å². The Balaban J connectivity index is 1.74. The van der Waals surface area contributed by atoms with Crippen molar-refractivity contribution in [2.45, 2.75) is 6.92 Å². The van der Waals surface area contributed by atoms with Gasteiger partial charge in [0.15, 0.2) is 5.82 Å². The standard InChI is InChI=1S/C21H13ClFN3O4/c1-12-8-19(26-30-12)25-20(27)15(11-24)9-13-2-7-18(17(22)10-13)29-21(28)14-3-5-16(23)6-4-14/h2-10H,1H3,(H,25,26,27). The topological polar surface area (TPSA) is 105 Å². The van der Waals surface area contributed by atoms with E-state index in [0.29, 0.717) is 11.3 Å². The van der Waals surface area contributed by atoms with Crippen LogP contribution in [0.2, 0.25) is 5.02 Å². The van der Waals surface area contributed by atoms with E-state index in [-0.39, 0.29) is 27.7 Å². The lowest BCUT2D eigenvalue weighted by atomic mass is 10.1. The summed E-state index contributed by atoms with van der Waals surface area (Å²) in [5, 5.41) is 15.4. The third kappa shape index (κ3) is 5.10. The van der Waals surface area contributed by atoms with E-state index in [2.05, 4.69) is 10.5 Å². The molecule has 0 aliphatic rings. The van der Waals surface area contributed by atoms with Crippen molar-refractivity contribution >= 4 is 35.4 Å². The van der Waals surface area contributed by atoms with E-state index in [1.807, 2.05) is 0 Å². The maximum Gasteiger partial charge on any atom is 0.343 e. The molecule has 1 aromatic heterocycles. The highest BCUT2D eigenvalue weighted by Gasteiger charge is 2.14. The predicted octanol–water partition coefficient (Wildman–Crippen LogP) is 4.54. The Morgan fingerprint density at radius 3 is 2.57 bits per heavy atom. The molecule has 0 saturated heterocycles. The Morgan fingerprint density at radius 2 is 1.97 bits per heavy atom. The summed E-state index contributed by atoms with van der Waals surface area (Å²) < 4.78 is 23.0. The van der Waals surface area contributed by atoms with Gasteiger partial charge in [-0.2, -0.15) is 5.26 Å². The van der Waals surface area contributed by atoms with Gasteiger partial charge < -0.3 is 14.6 Å². The van der Waals surface area contributed by atoms with E-state index in [9.17, 15) is 19.2 Å². The molecular weight excluding hydrogens is 413 g/mol. The van der Waals surface area contributed by atoms with Gasteiger partial charge in [0.1, 0.15) is 29.0 Å². The summed E-state index contributed by atoms with van der Waals surface area (Å²) in [6, 6.07) is 12.5. The summed E-state index contributed by atoms with van der Waals surface area (Å²) in [5.74, 6) is -1.10. The lowest BCUT2D eigenvalue weighted by Gasteiger charge is -2.07. The van der Waals surface area contributed by atoms with Gasteiger partial charge in [-0.25, -0.2) is 9.18 Å². The summed E-state index contributed by atoms with van der Waals surface area (Å²) in [6.45, 7) is 1.66. The molecule has 0 aliphatic carbocycles. The molecule has 0 fully saturated rings. The largest absolute Gasteiger partial charge is 0.421 e. The van der Waals surface area contributed by atoms with Crippen LogP contribution in [0.3, 0.4) is 0 Å². The van der Waals surface area contributed by atoms with Crippen LogP contribution in [0.5, 0.6) is 5.75 Å². The number of benzene rings is 2. The monoisotopic (exact) mass is 425 g/mol. The number of rotatable bonds is 5. The highest BCUT2D eigenvalue weighted by molar-refractivity contribution is 6.32. The van der Waals surface area contributed by atoms with E-state index in [1.165, 1.54) is 42.5 Å². The van der Waals surface area contributed by atoms with E-state index in [0.717, 1.165) is 12.1 Å². The second-order valence-electron chi connectivity index (χ2n) is 6.03. The number of aryl methyl sites for hydroxylation is 1. The molecule has 0 unspecified atom stereocenters. The maximum absolute atomic E-state index is 13.0. The molecule has 0 saturated carbocycles. The number of carbonyl (C=O) groups excluding carboxylic acids is 2. The molecule has 0 radical (unpaired) electrons. The zero-order chi connectivity index (χ0) is 21.7. The average molecular weight is 426 g/mol. The summed E-state index contributed by atoms with van der Waals surface area (Å²) >= 11 is 6.15. The number of nitriles is 1. The second-order valence-corrected chi connectivity index (χ2v) is 6.44. The third-order valence-corrected chi connectivity index (χ3v) is 4.08. The van der Waals surface area contributed by atoms with E-state index in [1.54, 1.807) is 13.0 Å². The number of anilines is 1. The van der Waals surface area contributed by atoms with Crippen LogP contribution < -0.4 is 10.1 Å². The van der Waals surface area contributed by atoms with Gasteiger partial charge in [-0.3, -0.25) is 4.79 Å². The van der Waals surface area contributed by atoms with Gasteiger partial charge in [-0.15, -0.1) is 0 Å². The molecule has 0 bridgehead atoms. The Kier molecular flexibility index (Phi) is 6.25. The Bertz CT molecular complexity index is 1180. The third-order valence-electron chi connectivity index (χ3n) is 3.78. The fraction of sp³-hybridized carbons (Fsp3) is 0.0476. The van der Waals surface area contributed by atoms with Gasteiger partial charge >= 0.3 is 5.97 Å². The first-order valence-electron chi connectivity index (χ1n) is 8.49. The second kappa shape index (κ2) is 9.03. The van der Waals surface area contributed by atoms with Crippen LogP contribution in [0.15, 0.2) is 58.6 Å². The molecule has 1 amide bonds. The molecule has 0 atom stereocenters. The average Bonchev–Trinajstić information content (AvgIpc) is 3.13. The molecule has 2 aromatic carbocycles. The van der Waals surface area contributed by atoms with Gasteiger partial charge in [0.2, 0.25) is 0 Å². The number of carbonyl (C=O) groups is 2. The lowest BCUT2D eigenvalue weighted by molar-refractivity contribution is -0.112. The SMILES string of the molecule is Cc1cc(NC(=O)C(C#N)=Cc2ccc(OC(=O)c3ccc(F)cc3)c(Cl)c2)no1. The fourth-order valence-electron chi connectivity index (χ4n) is 2.36. The minimum atomic E-state index is -0.708. The Hall–Kier alpha value is -3.96. The van der Waals surface area contributed by atoms with Crippen molar-refractivity contribution in [2.75, 3.05) is 5.32 Å². The smallest absolute Gasteiger partial charge is 0.343 e. The van der Waals surface area contributed by atoms with Crippen LogP contribution in [0.4, 0.5) is 10.2 Å². The van der Waals surface area contributed by atoms with Crippen molar-refractivity contribution in [1.29, 1.82) is 5.26 Å². The normalized spacial score (nSPS) is 10.9. The predicted molar refractivity (Wildman–Crippen MR) is 106 cm³/mol. The van der Waals surface area contributed by atoms with Crippen molar-refractivity contribution in [3.8, 4) is 11.8 Å². The van der Waals surface area contributed by atoms with Crippen LogP contribution in [0.1, 0.15) is 21.7 Å². The number of halogens is 2. The molecule has 7 nitrogen and oxygen atoms in total. The summed E-state index contributed by atoms with van der Waals surface area (Å²) in [6.07, 6.45) is 1.32. The first-order chi connectivity index (χ1) is 14.4. The van der Waals surface area contributed by atoms with Crippen LogP contribution in [-0.4, -0.2) is 17.0 Å². The van der Waals surface area contributed by atoms with Crippen molar-refractivity contribution in [2.24, 2.45) is 0 Å². The van der Waals surface area contributed by atoms with Crippen LogP contribution in [0.25, 0.3) is 6.08 Å².